The Kier molecular flexibility index (Phi) is 6.32. The van der Waals surface area contributed by atoms with Crippen LogP contribution in [0.4, 0.5) is 21.9 Å². The van der Waals surface area contributed by atoms with Crippen molar-refractivity contribution in [1.82, 2.24) is 10.3 Å². The highest BCUT2D eigenvalue weighted by Gasteiger charge is 2.47. The fourth-order valence-corrected chi connectivity index (χ4v) is 5.69. The second-order valence-electron chi connectivity index (χ2n) is 10.1. The molecule has 6 rings (SSSR count). The lowest BCUT2D eigenvalue weighted by atomic mass is 9.90. The summed E-state index contributed by atoms with van der Waals surface area (Å²) in [6, 6.07) is 18.3. The number of likely N-dealkylation sites (tertiary alicyclic amines) is 1. The molecule has 39 heavy (non-hydrogen) atoms. The molecule has 0 bridgehead atoms. The number of nitrogens with one attached hydrogen (secondary N) is 2. The number of hydrogen-bond acceptors (Lipinski definition) is 7. The van der Waals surface area contributed by atoms with E-state index in [1.165, 1.54) is 17.7 Å². The molecule has 0 saturated carbocycles. The van der Waals surface area contributed by atoms with Crippen molar-refractivity contribution in [2.24, 2.45) is 5.11 Å². The van der Waals surface area contributed by atoms with Gasteiger partial charge in [0.15, 0.2) is 0 Å². The van der Waals surface area contributed by atoms with Crippen LogP contribution in [0.5, 0.6) is 0 Å². The van der Waals surface area contributed by atoms with Gasteiger partial charge in [-0.05, 0) is 58.6 Å². The number of carbonyl (C=O) groups is 2. The van der Waals surface area contributed by atoms with Crippen LogP contribution in [-0.2, 0) is 17.8 Å². The van der Waals surface area contributed by atoms with E-state index in [2.05, 4.69) is 31.8 Å². The Morgan fingerprint density at radius 2 is 1.90 bits per heavy atom. The lowest BCUT2D eigenvalue weighted by Gasteiger charge is -2.37. The Balaban J connectivity index is 1.19. The number of piperidine rings is 1. The molecule has 3 aliphatic heterocycles. The topological polar surface area (TPSA) is 143 Å². The molecule has 0 aliphatic carbocycles. The van der Waals surface area contributed by atoms with Crippen LogP contribution in [-0.4, -0.2) is 47.3 Å². The van der Waals surface area contributed by atoms with Gasteiger partial charge in [-0.1, -0.05) is 29.4 Å². The van der Waals surface area contributed by atoms with Crippen LogP contribution in [0.15, 0.2) is 65.8 Å². The zero-order valence-electron chi connectivity index (χ0n) is 21.1. The molecule has 11 nitrogen and oxygen atoms in total. The molecular formula is C28H27N7O4. The third kappa shape index (κ3) is 4.74. The molecule has 0 radical (unpaired) electrons. The zero-order chi connectivity index (χ0) is 27.0. The van der Waals surface area contributed by atoms with Gasteiger partial charge >= 0.3 is 12.1 Å². The largest absolute Gasteiger partial charge is 0.478 e. The molecule has 0 unspecified atom stereocenters. The van der Waals surface area contributed by atoms with Gasteiger partial charge < -0.3 is 15.3 Å². The van der Waals surface area contributed by atoms with Crippen molar-refractivity contribution >= 4 is 29.1 Å². The third-order valence-corrected chi connectivity index (χ3v) is 7.76. The Bertz CT molecular complexity index is 1490. The van der Waals surface area contributed by atoms with Gasteiger partial charge in [0.25, 0.3) is 0 Å². The number of amides is 1. The van der Waals surface area contributed by atoms with Gasteiger partial charge in [-0.25, -0.2) is 15.0 Å². The highest BCUT2D eigenvalue weighted by molar-refractivity contribution is 5.92. The minimum atomic E-state index is -1.01. The molecule has 3 heterocycles. The van der Waals surface area contributed by atoms with Gasteiger partial charge in [0.1, 0.15) is 5.60 Å². The van der Waals surface area contributed by atoms with E-state index in [-0.39, 0.29) is 5.56 Å². The number of carboxylic acid groups (broad SMARTS) is 1. The summed E-state index contributed by atoms with van der Waals surface area (Å²) in [5.74, 6) is -1.01. The maximum absolute atomic E-state index is 12.8. The monoisotopic (exact) mass is 525 g/mol. The molecule has 11 heteroatoms. The number of ether oxygens (including phenoxy) is 1. The summed E-state index contributed by atoms with van der Waals surface area (Å²) in [5, 5.41) is 13.0. The first-order valence-electron chi connectivity index (χ1n) is 12.8. The number of nitrogens with zero attached hydrogens (tertiary/aromatic N) is 5. The summed E-state index contributed by atoms with van der Waals surface area (Å²) in [5.41, 5.74) is 21.7. The minimum absolute atomic E-state index is 0.172. The summed E-state index contributed by atoms with van der Waals surface area (Å²) >= 11 is 0. The molecule has 2 fully saturated rings. The standard InChI is InChI=1S/C28H27N7O4/c29-33-31-20-6-9-22(23-2-1-3-25-24(23)15-30-32-25)19(14-20)16-34-12-10-28(11-13-34)17-35(27(38)39-28)21-7-4-18(5-8-21)26(36)37/h1-9,14,30,32H,10-13,15-17H2,(H,36,37). The summed E-state index contributed by atoms with van der Waals surface area (Å²) in [6.07, 6.45) is 0.959. The molecule has 1 amide bonds. The Morgan fingerprint density at radius 3 is 2.64 bits per heavy atom. The first-order valence-corrected chi connectivity index (χ1v) is 12.8. The van der Waals surface area contributed by atoms with Crippen molar-refractivity contribution in [1.29, 1.82) is 0 Å². The SMILES string of the molecule is [N-]=[N+]=Nc1ccc(-c2cccc3c2CNN3)c(CN2CCC3(CC2)CN(c2ccc(C(=O)O)cc2)C(=O)O3)c1. The van der Waals surface area contributed by atoms with Crippen LogP contribution < -0.4 is 15.8 Å². The second-order valence-corrected chi connectivity index (χ2v) is 10.1. The predicted octanol–water partition coefficient (Wildman–Crippen LogP) is 5.42. The van der Waals surface area contributed by atoms with Gasteiger partial charge in [0.2, 0.25) is 0 Å². The summed E-state index contributed by atoms with van der Waals surface area (Å²) in [7, 11) is 0. The van der Waals surface area contributed by atoms with Crippen molar-refractivity contribution in [2.75, 3.05) is 30.0 Å². The smallest absolute Gasteiger partial charge is 0.415 e. The predicted molar refractivity (Wildman–Crippen MR) is 146 cm³/mol. The van der Waals surface area contributed by atoms with E-state index in [9.17, 15) is 9.59 Å². The van der Waals surface area contributed by atoms with E-state index in [1.54, 1.807) is 17.0 Å². The van der Waals surface area contributed by atoms with Crippen molar-refractivity contribution in [3.63, 3.8) is 0 Å². The van der Waals surface area contributed by atoms with Crippen molar-refractivity contribution < 1.29 is 19.4 Å². The number of carbonyl (C=O) groups excluding carboxylic acids is 1. The zero-order valence-corrected chi connectivity index (χ0v) is 21.1. The van der Waals surface area contributed by atoms with Gasteiger partial charge in [-0.2, -0.15) is 0 Å². The van der Waals surface area contributed by atoms with Gasteiger partial charge in [0, 0.05) is 60.9 Å². The Labute approximate surface area is 224 Å². The van der Waals surface area contributed by atoms with Crippen molar-refractivity contribution in [3.05, 3.63) is 87.8 Å². The highest BCUT2D eigenvalue weighted by Crippen LogP contribution is 2.38. The number of azide groups is 1. The maximum Gasteiger partial charge on any atom is 0.415 e. The van der Waals surface area contributed by atoms with Crippen LogP contribution in [0.25, 0.3) is 21.6 Å². The summed E-state index contributed by atoms with van der Waals surface area (Å²) < 4.78 is 5.90. The normalized spacial score (nSPS) is 17.8. The van der Waals surface area contributed by atoms with Crippen molar-refractivity contribution in [2.45, 2.75) is 31.5 Å². The number of carboxylic acids is 1. The molecule has 3 N–H and O–H groups in total. The minimum Gasteiger partial charge on any atom is -0.478 e. The summed E-state index contributed by atoms with van der Waals surface area (Å²) in [6.45, 7) is 3.29. The number of anilines is 2. The molecule has 198 valence electrons. The van der Waals surface area contributed by atoms with E-state index in [1.807, 2.05) is 30.3 Å². The fraction of sp³-hybridized carbons (Fsp3) is 0.286. The Morgan fingerprint density at radius 1 is 1.10 bits per heavy atom. The fourth-order valence-electron chi connectivity index (χ4n) is 5.69. The van der Waals surface area contributed by atoms with E-state index >= 15 is 0 Å². The number of rotatable bonds is 6. The number of fused-ring (bicyclic) bond motifs is 1. The number of aromatic carboxylic acids is 1. The molecule has 2 saturated heterocycles. The van der Waals surface area contributed by atoms with Gasteiger partial charge in [0.05, 0.1) is 17.8 Å². The molecule has 3 aromatic carbocycles. The number of hydrogen-bond donors (Lipinski definition) is 3. The summed E-state index contributed by atoms with van der Waals surface area (Å²) in [4.78, 5) is 30.8. The van der Waals surface area contributed by atoms with Gasteiger partial charge in [-0.15, -0.1) is 0 Å². The number of hydrazine groups is 1. The van der Waals surface area contributed by atoms with Crippen molar-refractivity contribution in [3.8, 4) is 11.1 Å². The average molecular weight is 526 g/mol. The van der Waals surface area contributed by atoms with Crippen LogP contribution in [0, 0.1) is 0 Å². The van der Waals surface area contributed by atoms with E-state index in [0.29, 0.717) is 37.3 Å². The first kappa shape index (κ1) is 24.7. The van der Waals surface area contributed by atoms with E-state index in [0.717, 1.165) is 42.0 Å². The molecule has 3 aromatic rings. The van der Waals surface area contributed by atoms with Gasteiger partial charge in [-0.3, -0.25) is 9.80 Å². The lowest BCUT2D eigenvalue weighted by Crippen LogP contribution is -2.46. The first-order chi connectivity index (χ1) is 18.9. The van der Waals surface area contributed by atoms with Crippen LogP contribution in [0.3, 0.4) is 0 Å². The molecule has 3 aliphatic rings. The Hall–Kier alpha value is -4.57. The van der Waals surface area contributed by atoms with Crippen LogP contribution in [0.1, 0.15) is 34.3 Å². The van der Waals surface area contributed by atoms with Crippen LogP contribution in [0.2, 0.25) is 0 Å². The lowest BCUT2D eigenvalue weighted by molar-refractivity contribution is -0.000942. The highest BCUT2D eigenvalue weighted by atomic mass is 16.6. The maximum atomic E-state index is 12.8. The average Bonchev–Trinajstić information content (AvgIpc) is 3.55. The molecular weight excluding hydrogens is 498 g/mol. The third-order valence-electron chi connectivity index (χ3n) is 7.76. The molecule has 1 spiro atoms. The molecule has 0 aromatic heterocycles. The quantitative estimate of drug-likeness (QED) is 0.222. The second kappa shape index (κ2) is 9.95. The van der Waals surface area contributed by atoms with Crippen LogP contribution >= 0.6 is 0 Å². The number of benzene rings is 3. The van der Waals surface area contributed by atoms with E-state index < -0.39 is 17.7 Å². The molecule has 0 atom stereocenters. The van der Waals surface area contributed by atoms with E-state index in [4.69, 9.17) is 15.4 Å².